The number of halogens is 1. The van der Waals surface area contributed by atoms with Gasteiger partial charge in [0, 0.05) is 5.69 Å². The Hall–Kier alpha value is -2.58. The van der Waals surface area contributed by atoms with Gasteiger partial charge in [0.25, 0.3) is 5.91 Å². The monoisotopic (exact) mass is 370 g/mol. The van der Waals surface area contributed by atoms with E-state index in [2.05, 4.69) is 21.2 Å². The summed E-state index contributed by atoms with van der Waals surface area (Å²) in [5.41, 5.74) is 3.21. The fraction of sp³-hybridized carbons (Fsp3) is 0.111. The number of nitrogens with one attached hydrogen (secondary N) is 1. The summed E-state index contributed by atoms with van der Waals surface area (Å²) < 4.78 is 0.499. The molecular weight excluding hydrogens is 356 g/mol. The van der Waals surface area contributed by atoms with Crippen LogP contribution in [0.4, 0.5) is 5.69 Å². The smallest absolute Gasteiger partial charge is 0.266 e. The average Bonchev–Trinajstić information content (AvgIpc) is 2.52. The number of aryl methyl sites for hydroxylation is 2. The highest BCUT2D eigenvalue weighted by atomic mass is 79.9. The lowest BCUT2D eigenvalue weighted by Gasteiger charge is -2.11. The molecule has 0 unspecified atom stereocenters. The highest BCUT2D eigenvalue weighted by molar-refractivity contribution is 9.10. The molecule has 2 rings (SSSR count). The molecule has 2 aromatic carbocycles. The van der Waals surface area contributed by atoms with Gasteiger partial charge in [-0.3, -0.25) is 4.79 Å². The Kier molecular flexibility index (Phi) is 5.20. The molecule has 0 aliphatic rings. The van der Waals surface area contributed by atoms with Gasteiger partial charge in [0.15, 0.2) is 0 Å². The molecule has 0 aliphatic carbocycles. The third-order valence-electron chi connectivity index (χ3n) is 3.37. The maximum atomic E-state index is 12.3. The molecule has 4 nitrogen and oxygen atoms in total. The van der Waals surface area contributed by atoms with Gasteiger partial charge in [0.05, 0.1) is 4.47 Å². The van der Waals surface area contributed by atoms with E-state index in [4.69, 9.17) is 0 Å². The molecule has 0 atom stereocenters. The summed E-state index contributed by atoms with van der Waals surface area (Å²) in [5.74, 6) is -0.366. The van der Waals surface area contributed by atoms with E-state index in [1.54, 1.807) is 12.1 Å². The van der Waals surface area contributed by atoms with Gasteiger partial charge in [-0.15, -0.1) is 0 Å². The standard InChI is InChI=1S/C18H15BrN2O2/c1-11-4-3-5-12(2)17(11)21-18(23)14(10-20)8-13-6-7-16(22)15(19)9-13/h3-9,22H,1-2H3,(H,21,23). The molecule has 116 valence electrons. The normalized spacial score (nSPS) is 11.0. The van der Waals surface area contributed by atoms with Crippen molar-refractivity contribution in [1.29, 1.82) is 5.26 Å². The first-order valence-corrected chi connectivity index (χ1v) is 7.69. The third-order valence-corrected chi connectivity index (χ3v) is 4.00. The maximum absolute atomic E-state index is 12.3. The van der Waals surface area contributed by atoms with Crippen LogP contribution in [0.2, 0.25) is 0 Å². The Morgan fingerprint density at radius 1 is 1.26 bits per heavy atom. The zero-order valence-corrected chi connectivity index (χ0v) is 14.3. The van der Waals surface area contributed by atoms with E-state index in [1.807, 2.05) is 38.1 Å². The van der Waals surface area contributed by atoms with Crippen LogP contribution in [0.5, 0.6) is 5.75 Å². The van der Waals surface area contributed by atoms with E-state index >= 15 is 0 Å². The Bertz CT molecular complexity index is 815. The topological polar surface area (TPSA) is 73.1 Å². The first kappa shape index (κ1) is 16.8. The number of anilines is 1. The van der Waals surface area contributed by atoms with Crippen LogP contribution in [0.3, 0.4) is 0 Å². The van der Waals surface area contributed by atoms with Crippen LogP contribution in [0.15, 0.2) is 46.4 Å². The molecule has 0 aliphatic heterocycles. The van der Waals surface area contributed by atoms with Crippen molar-refractivity contribution in [2.75, 3.05) is 5.32 Å². The number of hydrogen-bond donors (Lipinski definition) is 2. The minimum absolute atomic E-state index is 0.00903. The van der Waals surface area contributed by atoms with Crippen molar-refractivity contribution in [3.05, 3.63) is 63.1 Å². The van der Waals surface area contributed by atoms with Crippen molar-refractivity contribution in [1.82, 2.24) is 0 Å². The highest BCUT2D eigenvalue weighted by Gasteiger charge is 2.12. The number of para-hydroxylation sites is 1. The van der Waals surface area contributed by atoms with Crippen molar-refractivity contribution in [3.63, 3.8) is 0 Å². The number of aromatic hydroxyl groups is 1. The average molecular weight is 371 g/mol. The van der Waals surface area contributed by atoms with Gasteiger partial charge in [0.1, 0.15) is 17.4 Å². The Labute approximate surface area is 143 Å². The molecule has 5 heteroatoms. The largest absolute Gasteiger partial charge is 0.507 e. The van der Waals surface area contributed by atoms with Crippen LogP contribution in [0.1, 0.15) is 16.7 Å². The first-order valence-electron chi connectivity index (χ1n) is 6.90. The van der Waals surface area contributed by atoms with Crippen molar-refractivity contribution in [2.45, 2.75) is 13.8 Å². The maximum Gasteiger partial charge on any atom is 0.266 e. The van der Waals surface area contributed by atoms with Crippen LogP contribution in [0.25, 0.3) is 6.08 Å². The SMILES string of the molecule is Cc1cccc(C)c1NC(=O)C(C#N)=Cc1ccc(O)c(Br)c1. The molecule has 0 spiro atoms. The number of amides is 1. The molecule has 1 amide bonds. The fourth-order valence-corrected chi connectivity index (χ4v) is 2.52. The Balaban J connectivity index is 2.30. The summed E-state index contributed by atoms with van der Waals surface area (Å²) in [6.07, 6.45) is 1.48. The van der Waals surface area contributed by atoms with E-state index in [0.717, 1.165) is 11.1 Å². The van der Waals surface area contributed by atoms with Gasteiger partial charge >= 0.3 is 0 Å². The summed E-state index contributed by atoms with van der Waals surface area (Å²) in [6.45, 7) is 3.80. The first-order chi connectivity index (χ1) is 10.9. The van der Waals surface area contributed by atoms with Crippen molar-refractivity contribution < 1.29 is 9.90 Å². The summed E-state index contributed by atoms with van der Waals surface area (Å²) >= 11 is 3.21. The molecule has 0 radical (unpaired) electrons. The second-order valence-electron chi connectivity index (χ2n) is 5.10. The van der Waals surface area contributed by atoms with E-state index in [-0.39, 0.29) is 11.3 Å². The number of carbonyl (C=O) groups excluding carboxylic acids is 1. The lowest BCUT2D eigenvalue weighted by Crippen LogP contribution is -2.15. The third kappa shape index (κ3) is 3.99. The number of carbonyl (C=O) groups is 1. The van der Waals surface area contributed by atoms with Crippen LogP contribution >= 0.6 is 15.9 Å². The highest BCUT2D eigenvalue weighted by Crippen LogP contribution is 2.25. The van der Waals surface area contributed by atoms with Gasteiger partial charge in [-0.1, -0.05) is 24.3 Å². The number of phenols is 1. The summed E-state index contributed by atoms with van der Waals surface area (Å²) in [7, 11) is 0. The molecule has 2 aromatic rings. The van der Waals surface area contributed by atoms with Gasteiger partial charge in [-0.05, 0) is 64.7 Å². The summed E-state index contributed by atoms with van der Waals surface area (Å²) in [4.78, 5) is 12.3. The molecule has 0 heterocycles. The van der Waals surface area contributed by atoms with Crippen LogP contribution in [0, 0.1) is 25.2 Å². The Morgan fingerprint density at radius 3 is 2.48 bits per heavy atom. The van der Waals surface area contributed by atoms with Crippen LogP contribution < -0.4 is 5.32 Å². The zero-order valence-electron chi connectivity index (χ0n) is 12.7. The predicted molar refractivity (Wildman–Crippen MR) is 93.9 cm³/mol. The lowest BCUT2D eigenvalue weighted by atomic mass is 10.1. The molecule has 0 saturated heterocycles. The minimum Gasteiger partial charge on any atom is -0.507 e. The summed E-state index contributed by atoms with van der Waals surface area (Å²) in [6, 6.07) is 12.4. The molecule has 0 saturated carbocycles. The minimum atomic E-state index is -0.464. The van der Waals surface area contributed by atoms with E-state index in [9.17, 15) is 15.2 Å². The van der Waals surface area contributed by atoms with Gasteiger partial charge in [-0.25, -0.2) is 0 Å². The predicted octanol–water partition coefficient (Wildman–Crippen LogP) is 4.32. The molecule has 2 N–H and O–H groups in total. The Morgan fingerprint density at radius 2 is 1.91 bits per heavy atom. The molecule has 0 fully saturated rings. The number of phenolic OH excluding ortho intramolecular Hbond substituents is 1. The van der Waals surface area contributed by atoms with E-state index < -0.39 is 5.91 Å². The molecule has 0 bridgehead atoms. The number of benzene rings is 2. The quantitative estimate of drug-likeness (QED) is 0.624. The van der Waals surface area contributed by atoms with Crippen molar-refractivity contribution in [3.8, 4) is 11.8 Å². The van der Waals surface area contributed by atoms with Crippen LogP contribution in [-0.2, 0) is 4.79 Å². The van der Waals surface area contributed by atoms with Crippen LogP contribution in [-0.4, -0.2) is 11.0 Å². The van der Waals surface area contributed by atoms with Gasteiger partial charge < -0.3 is 10.4 Å². The van der Waals surface area contributed by atoms with Crippen molar-refractivity contribution >= 4 is 33.6 Å². The second kappa shape index (κ2) is 7.12. The second-order valence-corrected chi connectivity index (χ2v) is 5.96. The molecule has 0 aromatic heterocycles. The van der Waals surface area contributed by atoms with Crippen molar-refractivity contribution in [2.24, 2.45) is 0 Å². The lowest BCUT2D eigenvalue weighted by molar-refractivity contribution is -0.112. The number of nitriles is 1. The van der Waals surface area contributed by atoms with Gasteiger partial charge in [0.2, 0.25) is 0 Å². The van der Waals surface area contributed by atoms with E-state index in [0.29, 0.717) is 15.7 Å². The van der Waals surface area contributed by atoms with E-state index in [1.165, 1.54) is 12.1 Å². The summed E-state index contributed by atoms with van der Waals surface area (Å²) in [5, 5.41) is 21.5. The van der Waals surface area contributed by atoms with Gasteiger partial charge in [-0.2, -0.15) is 5.26 Å². The zero-order chi connectivity index (χ0) is 17.0. The fourth-order valence-electron chi connectivity index (χ4n) is 2.12. The molecular formula is C18H15BrN2O2. The number of rotatable bonds is 3. The molecule has 23 heavy (non-hydrogen) atoms. The number of nitrogens with zero attached hydrogens (tertiary/aromatic N) is 1. The number of hydrogen-bond acceptors (Lipinski definition) is 3.